The van der Waals surface area contributed by atoms with Gasteiger partial charge < -0.3 is 10.3 Å². The minimum absolute atomic E-state index is 0.404. The fourth-order valence-electron chi connectivity index (χ4n) is 1.33. The monoisotopic (exact) mass is 193 g/mol. The second-order valence-electron chi connectivity index (χ2n) is 3.71. The molecule has 14 heavy (non-hydrogen) atoms. The highest BCUT2D eigenvalue weighted by atomic mass is 15.1. The number of hydrogen-bond acceptors (Lipinski definition) is 2. The zero-order chi connectivity index (χ0) is 10.6. The van der Waals surface area contributed by atoms with Crippen molar-refractivity contribution in [2.24, 2.45) is 0 Å². The molecule has 1 heterocycles. The number of anilines is 1. The molecule has 0 fully saturated rings. The standard InChI is InChI=1S/C11H19N3/c1-4-5-6-7-10-11(12)13-8-14(10)9(2)3/h6-9H,4-5,12H2,1-3H3/b7-6-. The molecule has 0 aliphatic carbocycles. The van der Waals surface area contributed by atoms with E-state index in [1.165, 1.54) is 0 Å². The van der Waals surface area contributed by atoms with Crippen molar-refractivity contribution in [3.05, 3.63) is 18.1 Å². The molecule has 3 nitrogen and oxygen atoms in total. The zero-order valence-electron chi connectivity index (χ0n) is 9.20. The van der Waals surface area contributed by atoms with Gasteiger partial charge in [0.25, 0.3) is 0 Å². The average molecular weight is 193 g/mol. The summed E-state index contributed by atoms with van der Waals surface area (Å²) in [6, 6.07) is 0.404. The molecule has 0 radical (unpaired) electrons. The van der Waals surface area contributed by atoms with Gasteiger partial charge in [-0.05, 0) is 26.3 Å². The first-order valence-corrected chi connectivity index (χ1v) is 5.15. The summed E-state index contributed by atoms with van der Waals surface area (Å²) < 4.78 is 2.08. The highest BCUT2D eigenvalue weighted by Crippen LogP contribution is 2.17. The quantitative estimate of drug-likeness (QED) is 0.799. The van der Waals surface area contributed by atoms with Crippen LogP contribution in [-0.2, 0) is 0 Å². The molecule has 1 rings (SSSR count). The SMILES string of the molecule is CCC/C=C\c1c(N)ncn1C(C)C. The van der Waals surface area contributed by atoms with E-state index in [0.717, 1.165) is 18.5 Å². The van der Waals surface area contributed by atoms with Gasteiger partial charge in [-0.25, -0.2) is 4.98 Å². The number of imidazole rings is 1. The molecular weight excluding hydrogens is 174 g/mol. The average Bonchev–Trinajstić information content (AvgIpc) is 2.48. The van der Waals surface area contributed by atoms with E-state index in [1.54, 1.807) is 6.33 Å². The maximum atomic E-state index is 5.78. The second-order valence-corrected chi connectivity index (χ2v) is 3.71. The Bertz CT molecular complexity index is 310. The Balaban J connectivity index is 2.88. The van der Waals surface area contributed by atoms with Gasteiger partial charge in [0.15, 0.2) is 0 Å². The molecule has 78 valence electrons. The van der Waals surface area contributed by atoms with Gasteiger partial charge in [0.1, 0.15) is 5.82 Å². The molecule has 0 spiro atoms. The number of nitrogens with zero attached hydrogens (tertiary/aromatic N) is 2. The molecule has 1 aromatic rings. The largest absolute Gasteiger partial charge is 0.382 e. The van der Waals surface area contributed by atoms with Gasteiger partial charge in [-0.3, -0.25) is 0 Å². The van der Waals surface area contributed by atoms with Crippen LogP contribution < -0.4 is 5.73 Å². The number of unbranched alkanes of at least 4 members (excludes halogenated alkanes) is 1. The first-order valence-electron chi connectivity index (χ1n) is 5.15. The van der Waals surface area contributed by atoms with Gasteiger partial charge in [-0.2, -0.15) is 0 Å². The van der Waals surface area contributed by atoms with Crippen molar-refractivity contribution >= 4 is 11.9 Å². The number of nitrogens with two attached hydrogens (primary N) is 1. The van der Waals surface area contributed by atoms with Crippen LogP contribution in [0, 0.1) is 0 Å². The molecule has 0 aromatic carbocycles. The Hall–Kier alpha value is -1.25. The predicted molar refractivity (Wildman–Crippen MR) is 61.0 cm³/mol. The minimum atomic E-state index is 0.404. The first kappa shape index (κ1) is 10.8. The topological polar surface area (TPSA) is 43.8 Å². The molecule has 0 aliphatic rings. The van der Waals surface area contributed by atoms with Gasteiger partial charge in [0.2, 0.25) is 0 Å². The van der Waals surface area contributed by atoms with E-state index >= 15 is 0 Å². The predicted octanol–water partition coefficient (Wildman–Crippen LogP) is 2.86. The van der Waals surface area contributed by atoms with E-state index in [4.69, 9.17) is 5.73 Å². The van der Waals surface area contributed by atoms with Gasteiger partial charge in [0, 0.05) is 6.04 Å². The number of hydrogen-bond donors (Lipinski definition) is 1. The second kappa shape index (κ2) is 4.84. The van der Waals surface area contributed by atoms with Crippen molar-refractivity contribution in [2.75, 3.05) is 5.73 Å². The van der Waals surface area contributed by atoms with Crippen molar-refractivity contribution in [3.63, 3.8) is 0 Å². The molecule has 1 aromatic heterocycles. The van der Waals surface area contributed by atoms with Crippen molar-refractivity contribution in [1.29, 1.82) is 0 Å². The molecule has 0 atom stereocenters. The summed E-state index contributed by atoms with van der Waals surface area (Å²) in [7, 11) is 0. The Kier molecular flexibility index (Phi) is 3.74. The third-order valence-corrected chi connectivity index (χ3v) is 2.15. The van der Waals surface area contributed by atoms with Gasteiger partial charge in [-0.1, -0.05) is 19.4 Å². The molecule has 0 amide bonds. The summed E-state index contributed by atoms with van der Waals surface area (Å²) in [5.41, 5.74) is 6.80. The highest BCUT2D eigenvalue weighted by molar-refractivity contribution is 5.57. The normalized spacial score (nSPS) is 11.7. The Morgan fingerprint density at radius 1 is 1.57 bits per heavy atom. The van der Waals surface area contributed by atoms with E-state index in [1.807, 2.05) is 0 Å². The molecule has 3 heteroatoms. The van der Waals surface area contributed by atoms with Crippen molar-refractivity contribution in [2.45, 2.75) is 39.7 Å². The lowest BCUT2D eigenvalue weighted by molar-refractivity contribution is 0.595. The third-order valence-electron chi connectivity index (χ3n) is 2.15. The number of allylic oxidation sites excluding steroid dienone is 1. The Morgan fingerprint density at radius 2 is 2.29 bits per heavy atom. The van der Waals surface area contributed by atoms with Gasteiger partial charge in [0.05, 0.1) is 12.0 Å². The van der Waals surface area contributed by atoms with Crippen molar-refractivity contribution in [1.82, 2.24) is 9.55 Å². The number of aromatic nitrogens is 2. The summed E-state index contributed by atoms with van der Waals surface area (Å²) >= 11 is 0. The van der Waals surface area contributed by atoms with Crippen LogP contribution in [0.15, 0.2) is 12.4 Å². The molecule has 0 bridgehead atoms. The van der Waals surface area contributed by atoms with Crippen LogP contribution in [0.3, 0.4) is 0 Å². The van der Waals surface area contributed by atoms with E-state index in [2.05, 4.69) is 42.5 Å². The smallest absolute Gasteiger partial charge is 0.149 e. The minimum Gasteiger partial charge on any atom is -0.382 e. The maximum Gasteiger partial charge on any atom is 0.149 e. The van der Waals surface area contributed by atoms with E-state index in [-0.39, 0.29) is 0 Å². The fraction of sp³-hybridized carbons (Fsp3) is 0.545. The van der Waals surface area contributed by atoms with Gasteiger partial charge in [-0.15, -0.1) is 0 Å². The summed E-state index contributed by atoms with van der Waals surface area (Å²) in [4.78, 5) is 4.11. The Morgan fingerprint density at radius 3 is 2.86 bits per heavy atom. The zero-order valence-corrected chi connectivity index (χ0v) is 9.20. The molecule has 0 saturated heterocycles. The van der Waals surface area contributed by atoms with Crippen LogP contribution in [-0.4, -0.2) is 9.55 Å². The lowest BCUT2D eigenvalue weighted by Crippen LogP contribution is -2.02. The lowest BCUT2D eigenvalue weighted by Gasteiger charge is -2.08. The van der Waals surface area contributed by atoms with E-state index in [9.17, 15) is 0 Å². The summed E-state index contributed by atoms with van der Waals surface area (Å²) in [5.74, 6) is 0.617. The number of rotatable bonds is 4. The van der Waals surface area contributed by atoms with Crippen molar-refractivity contribution in [3.8, 4) is 0 Å². The Labute approximate surface area is 85.6 Å². The maximum absolute atomic E-state index is 5.78. The summed E-state index contributed by atoms with van der Waals surface area (Å²) in [6.45, 7) is 6.41. The van der Waals surface area contributed by atoms with Crippen LogP contribution in [0.1, 0.15) is 45.3 Å². The van der Waals surface area contributed by atoms with Crippen LogP contribution in [0.4, 0.5) is 5.82 Å². The van der Waals surface area contributed by atoms with Crippen LogP contribution in [0.2, 0.25) is 0 Å². The number of nitrogen functional groups attached to an aromatic ring is 1. The van der Waals surface area contributed by atoms with Gasteiger partial charge >= 0.3 is 0 Å². The molecule has 0 aliphatic heterocycles. The molecule has 2 N–H and O–H groups in total. The summed E-state index contributed by atoms with van der Waals surface area (Å²) in [6.07, 6.45) is 8.25. The van der Waals surface area contributed by atoms with Crippen LogP contribution >= 0.6 is 0 Å². The summed E-state index contributed by atoms with van der Waals surface area (Å²) in [5, 5.41) is 0. The molecule has 0 saturated carbocycles. The van der Waals surface area contributed by atoms with E-state index in [0.29, 0.717) is 11.9 Å². The van der Waals surface area contributed by atoms with Crippen LogP contribution in [0.25, 0.3) is 6.08 Å². The lowest BCUT2D eigenvalue weighted by atomic mass is 10.2. The highest BCUT2D eigenvalue weighted by Gasteiger charge is 2.06. The molecular formula is C11H19N3. The van der Waals surface area contributed by atoms with Crippen LogP contribution in [0.5, 0.6) is 0 Å². The first-order chi connectivity index (χ1) is 6.66. The molecule has 0 unspecified atom stereocenters. The van der Waals surface area contributed by atoms with E-state index < -0.39 is 0 Å². The van der Waals surface area contributed by atoms with Crippen molar-refractivity contribution < 1.29 is 0 Å². The third kappa shape index (κ3) is 2.37. The fourth-order valence-corrected chi connectivity index (χ4v) is 1.33.